The number of hydrogen-bond acceptors (Lipinski definition) is 5. The van der Waals surface area contributed by atoms with Gasteiger partial charge in [-0.2, -0.15) is 0 Å². The number of anilines is 1. The minimum Gasteiger partial charge on any atom is -0.409 e. The van der Waals surface area contributed by atoms with Crippen molar-refractivity contribution in [3.8, 4) is 17.0 Å². The highest BCUT2D eigenvalue weighted by Gasteiger charge is 2.32. The van der Waals surface area contributed by atoms with Crippen molar-refractivity contribution in [3.05, 3.63) is 141 Å². The van der Waals surface area contributed by atoms with Crippen LogP contribution in [0, 0.1) is 13.8 Å². The van der Waals surface area contributed by atoms with E-state index in [2.05, 4.69) is 30.4 Å². The van der Waals surface area contributed by atoms with Gasteiger partial charge in [0, 0.05) is 75.0 Å². The first-order valence-electron chi connectivity index (χ1n) is 18.3. The van der Waals surface area contributed by atoms with Gasteiger partial charge in [0.25, 0.3) is 17.7 Å². The van der Waals surface area contributed by atoms with Crippen LogP contribution in [0.5, 0.6) is 5.75 Å². The van der Waals surface area contributed by atoms with Crippen LogP contribution in [0.15, 0.2) is 91.0 Å². The standard InChI is InChI=1S/C44H45N5O5/c1-27-13-7-11-17-38(27)45-41(50)35-24-39(47(6)29(35)3)36-22-31-19-20-48(44(53)54-40-18-12-10-16-34(40)42(51)46(4)5)25-33(31)23-37(36)43(52)49-26-32-15-9-8-14-30(32)21-28(49)2/h7-18,22-24,28H,19-21,25-26H2,1-6H3,(H,45,50)/t28-/m1/s1. The Hall–Kier alpha value is -6.16. The Morgan fingerprint density at radius 1 is 0.778 bits per heavy atom. The van der Waals surface area contributed by atoms with Crippen molar-refractivity contribution in [3.63, 3.8) is 0 Å². The second-order valence-electron chi connectivity index (χ2n) is 14.5. The summed E-state index contributed by atoms with van der Waals surface area (Å²) in [6.45, 7) is 7.03. The van der Waals surface area contributed by atoms with E-state index >= 15 is 0 Å². The minimum absolute atomic E-state index is 0.0432. The first-order chi connectivity index (χ1) is 25.9. The number of nitrogens with zero attached hydrogens (tertiary/aromatic N) is 4. The molecule has 4 aromatic carbocycles. The molecule has 0 bridgehead atoms. The molecule has 1 aromatic heterocycles. The SMILES string of the molecule is Cc1ccccc1NC(=O)c1cc(-c2cc3c(cc2C(=O)N2Cc4ccccc4C[C@H]2C)CN(C(=O)Oc2ccccc2C(=O)N(C)C)CC3)n(C)c1C. The molecular weight excluding hydrogens is 679 g/mol. The molecule has 276 valence electrons. The van der Waals surface area contributed by atoms with Gasteiger partial charge in [0.05, 0.1) is 11.1 Å². The van der Waals surface area contributed by atoms with Crippen molar-refractivity contribution >= 4 is 29.5 Å². The zero-order chi connectivity index (χ0) is 38.3. The second kappa shape index (κ2) is 14.7. The number of rotatable bonds is 6. The lowest BCUT2D eigenvalue weighted by Crippen LogP contribution is -2.43. The summed E-state index contributed by atoms with van der Waals surface area (Å²) >= 11 is 0. The van der Waals surface area contributed by atoms with E-state index in [-0.39, 0.29) is 36.1 Å². The lowest BCUT2D eigenvalue weighted by atomic mass is 9.90. The maximum absolute atomic E-state index is 14.8. The van der Waals surface area contributed by atoms with Crippen LogP contribution in [-0.2, 0) is 33.0 Å². The molecular formula is C44H45N5O5. The third-order valence-electron chi connectivity index (χ3n) is 10.8. The Kier molecular flexibility index (Phi) is 9.85. The Labute approximate surface area is 315 Å². The Morgan fingerprint density at radius 2 is 1.48 bits per heavy atom. The average Bonchev–Trinajstić information content (AvgIpc) is 3.47. The third kappa shape index (κ3) is 6.87. The number of amides is 4. The zero-order valence-electron chi connectivity index (χ0n) is 31.6. The molecule has 3 heterocycles. The summed E-state index contributed by atoms with van der Waals surface area (Å²) in [6.07, 6.45) is 0.702. The first-order valence-corrected chi connectivity index (χ1v) is 18.3. The van der Waals surface area contributed by atoms with Crippen molar-refractivity contribution in [2.75, 3.05) is 26.0 Å². The molecule has 2 aliphatic rings. The number of nitrogens with one attached hydrogen (secondary N) is 1. The maximum Gasteiger partial charge on any atom is 0.415 e. The van der Waals surface area contributed by atoms with Crippen molar-refractivity contribution in [1.82, 2.24) is 19.3 Å². The molecule has 1 atom stereocenters. The molecule has 1 N–H and O–H groups in total. The number of fused-ring (bicyclic) bond motifs is 2. The zero-order valence-corrected chi connectivity index (χ0v) is 31.6. The summed E-state index contributed by atoms with van der Waals surface area (Å²) in [5.74, 6) is -0.410. The van der Waals surface area contributed by atoms with Gasteiger partial charge in [-0.1, -0.05) is 54.6 Å². The molecule has 7 rings (SSSR count). The van der Waals surface area contributed by atoms with Gasteiger partial charge >= 0.3 is 6.09 Å². The highest BCUT2D eigenvalue weighted by Crippen LogP contribution is 2.36. The summed E-state index contributed by atoms with van der Waals surface area (Å²) in [5.41, 5.74) is 9.50. The lowest BCUT2D eigenvalue weighted by Gasteiger charge is -2.36. The number of benzene rings is 4. The van der Waals surface area contributed by atoms with E-state index in [1.807, 2.05) is 78.9 Å². The summed E-state index contributed by atoms with van der Waals surface area (Å²) in [7, 11) is 5.22. The summed E-state index contributed by atoms with van der Waals surface area (Å²) in [6, 6.07) is 28.4. The van der Waals surface area contributed by atoms with E-state index in [4.69, 9.17) is 4.74 Å². The lowest BCUT2D eigenvalue weighted by molar-refractivity contribution is 0.0658. The predicted molar refractivity (Wildman–Crippen MR) is 209 cm³/mol. The molecule has 2 aliphatic heterocycles. The Morgan fingerprint density at radius 3 is 2.24 bits per heavy atom. The highest BCUT2D eigenvalue weighted by molar-refractivity contribution is 6.07. The van der Waals surface area contributed by atoms with Gasteiger partial charge in [0.2, 0.25) is 0 Å². The molecule has 0 saturated heterocycles. The van der Waals surface area contributed by atoms with Crippen molar-refractivity contribution in [2.24, 2.45) is 7.05 Å². The van der Waals surface area contributed by atoms with Gasteiger partial charge in [-0.25, -0.2) is 4.79 Å². The molecule has 0 fully saturated rings. The van der Waals surface area contributed by atoms with E-state index in [0.717, 1.165) is 51.3 Å². The van der Waals surface area contributed by atoms with Crippen molar-refractivity contribution in [1.29, 1.82) is 0 Å². The van der Waals surface area contributed by atoms with Crippen LogP contribution >= 0.6 is 0 Å². The molecule has 10 heteroatoms. The van der Waals surface area contributed by atoms with E-state index in [1.54, 1.807) is 43.3 Å². The van der Waals surface area contributed by atoms with Gasteiger partial charge in [0.15, 0.2) is 0 Å². The second-order valence-corrected chi connectivity index (χ2v) is 14.5. The van der Waals surface area contributed by atoms with Crippen LogP contribution in [0.3, 0.4) is 0 Å². The van der Waals surface area contributed by atoms with Gasteiger partial charge in [-0.05, 0) is 97.8 Å². The van der Waals surface area contributed by atoms with Crippen LogP contribution in [0.2, 0.25) is 0 Å². The van der Waals surface area contributed by atoms with Gasteiger partial charge in [-0.15, -0.1) is 0 Å². The molecule has 10 nitrogen and oxygen atoms in total. The largest absolute Gasteiger partial charge is 0.415 e. The van der Waals surface area contributed by atoms with Crippen LogP contribution in [0.1, 0.15) is 71.5 Å². The topological polar surface area (TPSA) is 104 Å². The number of carbonyl (C=O) groups excluding carboxylic acids is 4. The van der Waals surface area contributed by atoms with E-state index in [9.17, 15) is 19.2 Å². The Balaban J connectivity index is 1.25. The smallest absolute Gasteiger partial charge is 0.409 e. The molecule has 0 aliphatic carbocycles. The van der Waals surface area contributed by atoms with E-state index < -0.39 is 6.09 Å². The summed E-state index contributed by atoms with van der Waals surface area (Å²) in [5, 5.41) is 3.06. The van der Waals surface area contributed by atoms with Crippen LogP contribution < -0.4 is 10.1 Å². The molecule has 0 unspecified atom stereocenters. The fourth-order valence-corrected chi connectivity index (χ4v) is 7.48. The molecule has 54 heavy (non-hydrogen) atoms. The third-order valence-corrected chi connectivity index (χ3v) is 10.8. The van der Waals surface area contributed by atoms with Crippen LogP contribution in [0.25, 0.3) is 11.3 Å². The average molecular weight is 724 g/mol. The fraction of sp³-hybridized carbons (Fsp3) is 0.273. The minimum atomic E-state index is -0.569. The Bertz CT molecular complexity index is 2310. The van der Waals surface area contributed by atoms with Gasteiger partial charge in [0.1, 0.15) is 5.75 Å². The number of ether oxygens (including phenoxy) is 1. The number of para-hydroxylation sites is 2. The van der Waals surface area contributed by atoms with Crippen LogP contribution in [0.4, 0.5) is 10.5 Å². The summed E-state index contributed by atoms with van der Waals surface area (Å²) in [4.78, 5) is 59.9. The fourth-order valence-electron chi connectivity index (χ4n) is 7.48. The monoisotopic (exact) mass is 723 g/mol. The number of aromatic nitrogens is 1. The van der Waals surface area contributed by atoms with Gasteiger partial charge in [-0.3, -0.25) is 14.4 Å². The molecule has 5 aromatic rings. The van der Waals surface area contributed by atoms with Crippen molar-refractivity contribution < 1.29 is 23.9 Å². The molecule has 0 saturated carbocycles. The quantitative estimate of drug-likeness (QED) is 0.197. The first kappa shape index (κ1) is 36.2. The van der Waals surface area contributed by atoms with Gasteiger partial charge < -0.3 is 29.3 Å². The highest BCUT2D eigenvalue weighted by atomic mass is 16.6. The number of hydrogen-bond donors (Lipinski definition) is 1. The van der Waals surface area contributed by atoms with E-state index in [1.165, 1.54) is 10.5 Å². The number of aryl methyl sites for hydroxylation is 1. The molecule has 0 spiro atoms. The summed E-state index contributed by atoms with van der Waals surface area (Å²) < 4.78 is 7.78. The predicted octanol–water partition coefficient (Wildman–Crippen LogP) is 7.41. The normalized spacial score (nSPS) is 14.9. The maximum atomic E-state index is 14.8. The van der Waals surface area contributed by atoms with Crippen LogP contribution in [-0.4, -0.2) is 69.8 Å². The van der Waals surface area contributed by atoms with E-state index in [0.29, 0.717) is 36.2 Å². The molecule has 0 radical (unpaired) electrons. The number of carbonyl (C=O) groups is 4. The van der Waals surface area contributed by atoms with Crippen molar-refractivity contribution in [2.45, 2.75) is 52.7 Å². The molecule has 4 amide bonds.